The van der Waals surface area contributed by atoms with Crippen LogP contribution >= 0.6 is 15.9 Å². The Hall–Kier alpha value is -1.47. The van der Waals surface area contributed by atoms with Crippen LogP contribution in [-0.2, 0) is 11.2 Å². The molecule has 0 aliphatic rings. The van der Waals surface area contributed by atoms with Crippen LogP contribution in [-0.4, -0.2) is 28.6 Å². The number of aliphatic hydroxyl groups is 1. The van der Waals surface area contributed by atoms with Crippen molar-refractivity contribution < 1.29 is 14.8 Å². The third-order valence-corrected chi connectivity index (χ3v) is 3.02. The first kappa shape index (κ1) is 14.6. The standard InChI is InChI=1S/C11H13BrN2O4/c1-7(6-15)13-11(16)4-8-2-3-9(14(17)18)5-10(8)12/h2-3,5,7,15H,4,6H2,1H3,(H,13,16). The van der Waals surface area contributed by atoms with Crippen LogP contribution in [0.2, 0.25) is 0 Å². The Morgan fingerprint density at radius 3 is 2.78 bits per heavy atom. The van der Waals surface area contributed by atoms with Crippen molar-refractivity contribution in [3.8, 4) is 0 Å². The van der Waals surface area contributed by atoms with E-state index in [0.29, 0.717) is 10.0 Å². The number of nitrogens with one attached hydrogen (secondary N) is 1. The highest BCUT2D eigenvalue weighted by molar-refractivity contribution is 9.10. The molecule has 0 fully saturated rings. The number of halogens is 1. The maximum Gasteiger partial charge on any atom is 0.270 e. The Morgan fingerprint density at radius 1 is 1.61 bits per heavy atom. The Morgan fingerprint density at radius 2 is 2.28 bits per heavy atom. The Bertz CT molecular complexity index is 464. The lowest BCUT2D eigenvalue weighted by atomic mass is 10.1. The van der Waals surface area contributed by atoms with E-state index in [0.717, 1.165) is 0 Å². The number of non-ortho nitro benzene ring substituents is 1. The van der Waals surface area contributed by atoms with E-state index in [4.69, 9.17) is 5.11 Å². The van der Waals surface area contributed by atoms with Crippen molar-refractivity contribution in [1.29, 1.82) is 0 Å². The van der Waals surface area contributed by atoms with E-state index in [1.54, 1.807) is 6.92 Å². The van der Waals surface area contributed by atoms with Gasteiger partial charge in [-0.3, -0.25) is 14.9 Å². The number of carbonyl (C=O) groups is 1. The van der Waals surface area contributed by atoms with Gasteiger partial charge in [0.1, 0.15) is 0 Å². The summed E-state index contributed by atoms with van der Waals surface area (Å²) in [6.07, 6.45) is 0.100. The smallest absolute Gasteiger partial charge is 0.270 e. The average Bonchev–Trinajstić information content (AvgIpc) is 2.31. The Labute approximate surface area is 112 Å². The summed E-state index contributed by atoms with van der Waals surface area (Å²) in [5.74, 6) is -0.244. The van der Waals surface area contributed by atoms with E-state index in [1.807, 2.05) is 0 Å². The van der Waals surface area contributed by atoms with Crippen molar-refractivity contribution >= 4 is 27.5 Å². The molecule has 1 amide bonds. The van der Waals surface area contributed by atoms with Gasteiger partial charge in [-0.05, 0) is 12.5 Å². The number of nitro groups is 1. The number of carbonyl (C=O) groups excluding carboxylic acids is 1. The van der Waals surface area contributed by atoms with Crippen molar-refractivity contribution in [2.45, 2.75) is 19.4 Å². The number of nitro benzene ring substituents is 1. The van der Waals surface area contributed by atoms with Crippen LogP contribution in [0.3, 0.4) is 0 Å². The second kappa shape index (κ2) is 6.46. The summed E-state index contributed by atoms with van der Waals surface area (Å²) >= 11 is 3.19. The maximum absolute atomic E-state index is 11.6. The van der Waals surface area contributed by atoms with Gasteiger partial charge in [0.2, 0.25) is 5.91 Å². The molecule has 0 radical (unpaired) electrons. The normalized spacial score (nSPS) is 11.9. The lowest BCUT2D eigenvalue weighted by Gasteiger charge is -2.11. The predicted octanol–water partition coefficient (Wildman–Crippen LogP) is 1.40. The van der Waals surface area contributed by atoms with Gasteiger partial charge in [-0.25, -0.2) is 0 Å². The number of benzene rings is 1. The number of aliphatic hydroxyl groups excluding tert-OH is 1. The van der Waals surface area contributed by atoms with E-state index >= 15 is 0 Å². The van der Waals surface area contributed by atoms with Gasteiger partial charge in [0.25, 0.3) is 5.69 Å². The van der Waals surface area contributed by atoms with Crippen molar-refractivity contribution in [2.75, 3.05) is 6.61 Å². The third-order valence-electron chi connectivity index (χ3n) is 2.28. The molecule has 0 saturated carbocycles. The van der Waals surface area contributed by atoms with Gasteiger partial charge in [-0.1, -0.05) is 22.0 Å². The molecule has 0 aliphatic heterocycles. The SMILES string of the molecule is CC(CO)NC(=O)Cc1ccc([N+](=O)[O-])cc1Br. The molecule has 0 heterocycles. The van der Waals surface area contributed by atoms with Crippen molar-refractivity contribution in [3.63, 3.8) is 0 Å². The predicted molar refractivity (Wildman–Crippen MR) is 69.2 cm³/mol. The fraction of sp³-hybridized carbons (Fsp3) is 0.364. The summed E-state index contributed by atoms with van der Waals surface area (Å²) < 4.78 is 0.517. The number of amides is 1. The van der Waals surface area contributed by atoms with Crippen LogP contribution in [0.1, 0.15) is 12.5 Å². The Balaban J connectivity index is 2.74. The van der Waals surface area contributed by atoms with Crippen LogP contribution < -0.4 is 5.32 Å². The number of rotatable bonds is 5. The molecule has 2 N–H and O–H groups in total. The van der Waals surface area contributed by atoms with E-state index in [9.17, 15) is 14.9 Å². The highest BCUT2D eigenvalue weighted by atomic mass is 79.9. The second-order valence-corrected chi connectivity index (χ2v) is 4.72. The number of hydrogen-bond donors (Lipinski definition) is 2. The summed E-state index contributed by atoms with van der Waals surface area (Å²) in [6, 6.07) is 3.93. The first-order valence-corrected chi connectivity index (χ1v) is 6.06. The monoisotopic (exact) mass is 316 g/mol. The van der Waals surface area contributed by atoms with Crippen LogP contribution in [0.25, 0.3) is 0 Å². The number of hydrogen-bond acceptors (Lipinski definition) is 4. The molecular weight excluding hydrogens is 304 g/mol. The molecule has 1 aromatic rings. The van der Waals surface area contributed by atoms with Gasteiger partial charge < -0.3 is 10.4 Å². The summed E-state index contributed by atoms with van der Waals surface area (Å²) in [6.45, 7) is 1.55. The van der Waals surface area contributed by atoms with E-state index < -0.39 is 4.92 Å². The lowest BCUT2D eigenvalue weighted by molar-refractivity contribution is -0.384. The molecule has 0 aliphatic carbocycles. The highest BCUT2D eigenvalue weighted by Gasteiger charge is 2.12. The molecule has 18 heavy (non-hydrogen) atoms. The van der Waals surface area contributed by atoms with Gasteiger partial charge in [-0.2, -0.15) is 0 Å². The zero-order valence-electron chi connectivity index (χ0n) is 9.72. The lowest BCUT2D eigenvalue weighted by Crippen LogP contribution is -2.36. The highest BCUT2D eigenvalue weighted by Crippen LogP contribution is 2.23. The van der Waals surface area contributed by atoms with E-state index in [1.165, 1.54) is 18.2 Å². The Kier molecular flexibility index (Phi) is 5.24. The van der Waals surface area contributed by atoms with Crippen LogP contribution in [0.15, 0.2) is 22.7 Å². The molecule has 6 nitrogen and oxygen atoms in total. The quantitative estimate of drug-likeness (QED) is 0.634. The average molecular weight is 317 g/mol. The molecule has 0 aromatic heterocycles. The zero-order chi connectivity index (χ0) is 13.7. The van der Waals surface area contributed by atoms with Crippen LogP contribution in [0.4, 0.5) is 5.69 Å². The third kappa shape index (κ3) is 4.08. The fourth-order valence-electron chi connectivity index (χ4n) is 1.34. The minimum Gasteiger partial charge on any atom is -0.394 e. The molecule has 0 saturated heterocycles. The zero-order valence-corrected chi connectivity index (χ0v) is 11.3. The molecular formula is C11H13BrN2O4. The molecule has 1 rings (SSSR count). The van der Waals surface area contributed by atoms with Gasteiger partial charge in [-0.15, -0.1) is 0 Å². The van der Waals surface area contributed by atoms with E-state index in [2.05, 4.69) is 21.2 Å². The minimum absolute atomic E-state index is 0.0326. The van der Waals surface area contributed by atoms with Crippen molar-refractivity contribution in [3.05, 3.63) is 38.3 Å². The second-order valence-electron chi connectivity index (χ2n) is 3.86. The first-order chi connectivity index (χ1) is 8.43. The summed E-state index contributed by atoms with van der Waals surface area (Å²) in [5, 5.41) is 22.0. The minimum atomic E-state index is -0.498. The van der Waals surface area contributed by atoms with E-state index in [-0.39, 0.29) is 30.7 Å². The molecule has 1 unspecified atom stereocenters. The molecule has 7 heteroatoms. The molecule has 0 spiro atoms. The van der Waals surface area contributed by atoms with Crippen LogP contribution in [0, 0.1) is 10.1 Å². The van der Waals surface area contributed by atoms with Gasteiger partial charge >= 0.3 is 0 Å². The molecule has 98 valence electrons. The molecule has 0 bridgehead atoms. The summed E-state index contributed by atoms with van der Waals surface area (Å²) in [4.78, 5) is 21.6. The summed E-state index contributed by atoms with van der Waals surface area (Å²) in [7, 11) is 0. The van der Waals surface area contributed by atoms with Crippen LogP contribution in [0.5, 0.6) is 0 Å². The van der Waals surface area contributed by atoms with Gasteiger partial charge in [0.05, 0.1) is 18.0 Å². The van der Waals surface area contributed by atoms with Gasteiger partial charge in [0.15, 0.2) is 0 Å². The van der Waals surface area contributed by atoms with Crippen molar-refractivity contribution in [2.24, 2.45) is 0 Å². The van der Waals surface area contributed by atoms with Gasteiger partial charge in [0, 0.05) is 22.6 Å². The maximum atomic E-state index is 11.6. The number of nitrogens with zero attached hydrogens (tertiary/aromatic N) is 1. The fourth-order valence-corrected chi connectivity index (χ4v) is 1.84. The molecule has 1 atom stereocenters. The molecule has 1 aromatic carbocycles. The largest absolute Gasteiger partial charge is 0.394 e. The summed E-state index contributed by atoms with van der Waals surface area (Å²) in [5.41, 5.74) is 0.623. The topological polar surface area (TPSA) is 92.5 Å². The first-order valence-electron chi connectivity index (χ1n) is 5.27. The van der Waals surface area contributed by atoms with Crippen molar-refractivity contribution in [1.82, 2.24) is 5.32 Å².